The lowest BCUT2D eigenvalue weighted by molar-refractivity contribution is 0.00706. The van der Waals surface area contributed by atoms with E-state index in [1.807, 2.05) is 0 Å². The molecule has 2 fully saturated rings. The van der Waals surface area contributed by atoms with Crippen LogP contribution in [-0.2, 0) is 14.2 Å². The van der Waals surface area contributed by atoms with Crippen molar-refractivity contribution in [3.63, 3.8) is 0 Å². The van der Waals surface area contributed by atoms with Crippen molar-refractivity contribution in [3.05, 3.63) is 47.3 Å². The van der Waals surface area contributed by atoms with Crippen LogP contribution in [0.25, 0.3) is 28.0 Å². The molecule has 2 N–H and O–H groups in total. The van der Waals surface area contributed by atoms with Crippen molar-refractivity contribution in [1.29, 1.82) is 0 Å². The van der Waals surface area contributed by atoms with E-state index in [-0.39, 0.29) is 30.4 Å². The molecule has 0 aliphatic carbocycles. The number of aliphatic hydroxyl groups excluding tert-OH is 1. The first-order chi connectivity index (χ1) is 16.5. The van der Waals surface area contributed by atoms with E-state index in [1.165, 1.54) is 12.1 Å². The van der Waals surface area contributed by atoms with E-state index >= 15 is 0 Å². The molecule has 2 unspecified atom stereocenters. The van der Waals surface area contributed by atoms with E-state index in [0.29, 0.717) is 25.2 Å². The number of rotatable bonds is 4. The molecular weight excluding hydrogens is 455 g/mol. The predicted molar refractivity (Wildman–Crippen MR) is 113 cm³/mol. The smallest absolute Gasteiger partial charge is 0.296 e. The summed E-state index contributed by atoms with van der Waals surface area (Å²) in [5.41, 5.74) is 0.329. The van der Waals surface area contributed by atoms with Gasteiger partial charge in [-0.25, -0.2) is 18.2 Å². The van der Waals surface area contributed by atoms with Crippen molar-refractivity contribution >= 4 is 16.7 Å². The molecule has 4 atom stereocenters. The summed E-state index contributed by atoms with van der Waals surface area (Å²) in [5.74, 6) is -2.76. The largest absolute Gasteiger partial charge is 0.456 e. The van der Waals surface area contributed by atoms with Gasteiger partial charge in [0.05, 0.1) is 37.5 Å². The van der Waals surface area contributed by atoms with E-state index in [9.17, 15) is 18.3 Å². The Balaban J connectivity index is 1.31. The van der Waals surface area contributed by atoms with Gasteiger partial charge in [0.25, 0.3) is 6.01 Å². The Hall–Kier alpha value is -2.99. The van der Waals surface area contributed by atoms with Crippen molar-refractivity contribution < 1.29 is 37.2 Å². The summed E-state index contributed by atoms with van der Waals surface area (Å²) in [4.78, 5) is 11.1. The zero-order valence-electron chi connectivity index (χ0n) is 17.8. The van der Waals surface area contributed by atoms with Gasteiger partial charge in [-0.1, -0.05) is 6.08 Å². The normalized spacial score (nSPS) is 26.6. The highest BCUT2D eigenvalue weighted by atomic mass is 19.1. The van der Waals surface area contributed by atoms with E-state index in [0.717, 1.165) is 11.6 Å². The summed E-state index contributed by atoms with van der Waals surface area (Å²) >= 11 is 0. The average molecular weight is 475 g/mol. The maximum Gasteiger partial charge on any atom is 0.296 e. The number of hydrogen-bond acceptors (Lipinski definition) is 7. The van der Waals surface area contributed by atoms with Crippen LogP contribution in [0.5, 0.6) is 6.01 Å². The monoisotopic (exact) mass is 475 g/mol. The third-order valence-electron chi connectivity index (χ3n) is 6.26. The second kappa shape index (κ2) is 8.35. The SMILES string of the molecule is O[C@@H]1COC2C1OC[C@H]2Oc1nc2nc(-c3c(F)cc(C4=CCOCC4)cc3F)c(F)cc2[nH]1. The quantitative estimate of drug-likeness (QED) is 0.599. The molecule has 11 heteroatoms. The number of nitrogens with one attached hydrogen (secondary N) is 1. The molecule has 6 rings (SSSR count). The fraction of sp³-hybridized carbons (Fsp3) is 0.391. The van der Waals surface area contributed by atoms with Gasteiger partial charge in [0.1, 0.15) is 35.6 Å². The van der Waals surface area contributed by atoms with Crippen molar-refractivity contribution in [2.45, 2.75) is 30.8 Å². The molecule has 3 aromatic rings. The number of pyridine rings is 1. The topological polar surface area (TPSA) is 98.7 Å². The van der Waals surface area contributed by atoms with Crippen LogP contribution in [0.15, 0.2) is 24.3 Å². The minimum Gasteiger partial charge on any atom is -0.456 e. The van der Waals surface area contributed by atoms with Crippen molar-refractivity contribution in [2.24, 2.45) is 0 Å². The molecule has 178 valence electrons. The zero-order chi connectivity index (χ0) is 23.4. The molecule has 0 bridgehead atoms. The van der Waals surface area contributed by atoms with Crippen molar-refractivity contribution in [2.75, 3.05) is 26.4 Å². The highest BCUT2D eigenvalue weighted by Gasteiger charge is 2.48. The maximum absolute atomic E-state index is 15.0. The first kappa shape index (κ1) is 21.5. The molecule has 8 nitrogen and oxygen atoms in total. The van der Waals surface area contributed by atoms with Crippen molar-refractivity contribution in [3.8, 4) is 17.3 Å². The molecule has 1 aromatic carbocycles. The molecule has 2 saturated heterocycles. The first-order valence-corrected chi connectivity index (χ1v) is 10.9. The Morgan fingerprint density at radius 2 is 1.79 bits per heavy atom. The van der Waals surface area contributed by atoms with Crippen LogP contribution >= 0.6 is 0 Å². The van der Waals surface area contributed by atoms with Crippen LogP contribution in [-0.4, -0.2) is 70.9 Å². The van der Waals surface area contributed by atoms with Crippen LogP contribution in [0, 0.1) is 17.5 Å². The zero-order valence-corrected chi connectivity index (χ0v) is 17.8. The molecule has 5 heterocycles. The lowest BCUT2D eigenvalue weighted by atomic mass is 9.98. The highest BCUT2D eigenvalue weighted by Crippen LogP contribution is 2.34. The Morgan fingerprint density at radius 3 is 2.56 bits per heavy atom. The molecule has 34 heavy (non-hydrogen) atoms. The van der Waals surface area contributed by atoms with Gasteiger partial charge in [-0.05, 0) is 29.7 Å². The van der Waals surface area contributed by atoms with E-state index < -0.39 is 53.1 Å². The number of fused-ring (bicyclic) bond motifs is 2. The minimum atomic E-state index is -0.925. The Morgan fingerprint density at radius 1 is 1.00 bits per heavy atom. The van der Waals surface area contributed by atoms with Gasteiger partial charge in [0, 0.05) is 6.07 Å². The van der Waals surface area contributed by atoms with Gasteiger partial charge < -0.3 is 29.0 Å². The number of aromatic nitrogens is 3. The Bertz CT molecular complexity index is 1270. The number of imidazole rings is 1. The summed E-state index contributed by atoms with van der Waals surface area (Å²) in [6, 6.07) is 3.44. The van der Waals surface area contributed by atoms with Gasteiger partial charge in [0.15, 0.2) is 17.6 Å². The Kier molecular flexibility index (Phi) is 5.29. The minimum absolute atomic E-state index is 0.0287. The third-order valence-corrected chi connectivity index (χ3v) is 6.26. The fourth-order valence-electron chi connectivity index (χ4n) is 4.59. The number of aromatic amines is 1. The number of aliphatic hydroxyl groups is 1. The van der Waals surface area contributed by atoms with Crippen LogP contribution < -0.4 is 4.74 Å². The standard InChI is InChI=1S/C23H20F3N3O5/c24-12-5-11(10-1-3-31-4-2-10)6-13(25)18(12)19-14(26)7-15-22(28-19)29-23(27-15)34-17-9-33-20-16(30)8-32-21(17)20/h1,5-7,16-17,20-21,30H,2-4,8-9H2,(H,27,28,29)/t16-,17-,20?,21?/m1/s1. The van der Waals surface area contributed by atoms with Gasteiger partial charge in [-0.3, -0.25) is 0 Å². The second-order valence-electron chi connectivity index (χ2n) is 8.42. The van der Waals surface area contributed by atoms with Gasteiger partial charge in [-0.15, -0.1) is 0 Å². The van der Waals surface area contributed by atoms with Crippen LogP contribution in [0.2, 0.25) is 0 Å². The summed E-state index contributed by atoms with van der Waals surface area (Å²) in [6.45, 7) is 1.17. The van der Waals surface area contributed by atoms with Crippen LogP contribution in [0.1, 0.15) is 12.0 Å². The van der Waals surface area contributed by atoms with E-state index in [4.69, 9.17) is 18.9 Å². The molecule has 0 amide bonds. The van der Waals surface area contributed by atoms with Crippen LogP contribution in [0.3, 0.4) is 0 Å². The lowest BCUT2D eigenvalue weighted by Crippen LogP contribution is -2.34. The number of nitrogens with zero attached hydrogens (tertiary/aromatic N) is 2. The Labute approximate surface area is 191 Å². The number of benzene rings is 1. The van der Waals surface area contributed by atoms with Gasteiger partial charge in [-0.2, -0.15) is 4.98 Å². The van der Waals surface area contributed by atoms with Crippen LogP contribution in [0.4, 0.5) is 13.2 Å². The van der Waals surface area contributed by atoms with Gasteiger partial charge >= 0.3 is 0 Å². The summed E-state index contributed by atoms with van der Waals surface area (Å²) in [7, 11) is 0. The lowest BCUT2D eigenvalue weighted by Gasteiger charge is -2.15. The number of hydrogen-bond donors (Lipinski definition) is 2. The maximum atomic E-state index is 15.0. The number of H-pyrrole nitrogens is 1. The molecule has 0 radical (unpaired) electrons. The summed E-state index contributed by atoms with van der Waals surface area (Å²) in [6.07, 6.45) is 0.0891. The summed E-state index contributed by atoms with van der Waals surface area (Å²) < 4.78 is 66.8. The highest BCUT2D eigenvalue weighted by molar-refractivity contribution is 5.78. The fourth-order valence-corrected chi connectivity index (χ4v) is 4.59. The predicted octanol–water partition coefficient (Wildman–Crippen LogP) is 2.75. The van der Waals surface area contributed by atoms with Gasteiger partial charge in [0.2, 0.25) is 0 Å². The molecular formula is C23H20F3N3O5. The summed E-state index contributed by atoms with van der Waals surface area (Å²) in [5, 5.41) is 9.85. The van der Waals surface area contributed by atoms with Crippen molar-refractivity contribution in [1.82, 2.24) is 15.0 Å². The molecule has 2 aromatic heterocycles. The average Bonchev–Trinajstić information content (AvgIpc) is 3.51. The first-order valence-electron chi connectivity index (χ1n) is 10.9. The number of ether oxygens (including phenoxy) is 4. The van der Waals surface area contributed by atoms with E-state index in [1.54, 1.807) is 6.08 Å². The molecule has 3 aliphatic heterocycles. The third kappa shape index (κ3) is 3.65. The molecule has 0 spiro atoms. The number of halogens is 3. The molecule has 0 saturated carbocycles. The molecule has 3 aliphatic rings. The second-order valence-corrected chi connectivity index (χ2v) is 8.42. The van der Waals surface area contributed by atoms with E-state index in [2.05, 4.69) is 15.0 Å².